The van der Waals surface area contributed by atoms with Crippen LogP contribution in [0.5, 0.6) is 0 Å². The van der Waals surface area contributed by atoms with E-state index in [-0.39, 0.29) is 18.2 Å². The molecule has 0 aromatic rings. The van der Waals surface area contributed by atoms with E-state index in [4.69, 9.17) is 10.5 Å². The number of rotatable bonds is 3. The average molecular weight is 276 g/mol. The minimum atomic E-state index is -3.01. The Morgan fingerprint density at radius 2 is 2.06 bits per heavy atom. The summed E-state index contributed by atoms with van der Waals surface area (Å²) in [7, 11) is -3.01. The zero-order chi connectivity index (χ0) is 13.2. The van der Waals surface area contributed by atoms with Gasteiger partial charge in [0.15, 0.2) is 9.84 Å². The number of hydrogen-bond acceptors (Lipinski definition) is 5. The van der Waals surface area contributed by atoms with Crippen LogP contribution in [-0.2, 0) is 19.4 Å². The maximum absolute atomic E-state index is 12.0. The van der Waals surface area contributed by atoms with Crippen molar-refractivity contribution in [2.24, 2.45) is 5.73 Å². The predicted octanol–water partition coefficient (Wildman–Crippen LogP) is -0.812. The first kappa shape index (κ1) is 13.8. The first-order chi connectivity index (χ1) is 8.44. The number of carbonyl (C=O) groups excluding carboxylic acids is 1. The predicted molar refractivity (Wildman–Crippen MR) is 66.8 cm³/mol. The summed E-state index contributed by atoms with van der Waals surface area (Å²) in [6.45, 7) is 1.14. The van der Waals surface area contributed by atoms with Crippen LogP contribution in [0, 0.1) is 0 Å². The molecule has 0 bridgehead atoms. The first-order valence-corrected chi connectivity index (χ1v) is 8.02. The van der Waals surface area contributed by atoms with Crippen LogP contribution in [0.2, 0.25) is 0 Å². The zero-order valence-corrected chi connectivity index (χ0v) is 11.2. The number of amides is 1. The molecule has 0 aliphatic carbocycles. The van der Waals surface area contributed by atoms with Crippen molar-refractivity contribution in [2.75, 3.05) is 25.5 Å². The molecule has 3 N–H and O–H groups in total. The first-order valence-electron chi connectivity index (χ1n) is 6.31. The fraction of sp³-hybridized carbons (Fsp3) is 0.909. The Bertz CT molecular complexity index is 415. The number of sulfone groups is 1. The van der Waals surface area contributed by atoms with Gasteiger partial charge in [0.1, 0.15) is 0 Å². The van der Waals surface area contributed by atoms with E-state index in [9.17, 15) is 13.2 Å². The van der Waals surface area contributed by atoms with Gasteiger partial charge in [-0.15, -0.1) is 0 Å². The third kappa shape index (κ3) is 2.84. The summed E-state index contributed by atoms with van der Waals surface area (Å²) in [5, 5.41) is 2.25. The number of nitrogens with one attached hydrogen (secondary N) is 1. The minimum absolute atomic E-state index is 0.182. The Kier molecular flexibility index (Phi) is 3.93. The van der Waals surface area contributed by atoms with E-state index >= 15 is 0 Å². The Balaban J connectivity index is 1.88. The van der Waals surface area contributed by atoms with E-state index in [1.54, 1.807) is 0 Å². The lowest BCUT2D eigenvalue weighted by atomic mass is 9.90. The quantitative estimate of drug-likeness (QED) is 0.702. The number of carbonyl (C=O) groups is 1. The van der Waals surface area contributed by atoms with E-state index in [1.165, 1.54) is 0 Å². The molecular formula is C11H20N2O4S. The summed E-state index contributed by atoms with van der Waals surface area (Å²) in [5.74, 6) is -0.0253. The molecule has 2 fully saturated rings. The van der Waals surface area contributed by atoms with Crippen LogP contribution in [0.25, 0.3) is 0 Å². The summed E-state index contributed by atoms with van der Waals surface area (Å²) in [4.78, 5) is 12.0. The Morgan fingerprint density at radius 1 is 1.39 bits per heavy atom. The van der Waals surface area contributed by atoms with Crippen LogP contribution in [-0.4, -0.2) is 50.6 Å². The Morgan fingerprint density at radius 3 is 2.61 bits per heavy atom. The molecular weight excluding hydrogens is 256 g/mol. The highest BCUT2D eigenvalue weighted by molar-refractivity contribution is 7.92. The van der Waals surface area contributed by atoms with Gasteiger partial charge in [-0.2, -0.15) is 0 Å². The molecule has 6 nitrogen and oxygen atoms in total. The van der Waals surface area contributed by atoms with Crippen molar-refractivity contribution in [3.8, 4) is 0 Å². The highest BCUT2D eigenvalue weighted by Crippen LogP contribution is 2.21. The molecule has 0 aromatic heterocycles. The topological polar surface area (TPSA) is 98.5 Å². The summed E-state index contributed by atoms with van der Waals surface area (Å²) in [6, 6.07) is 0. The van der Waals surface area contributed by atoms with Gasteiger partial charge in [0.05, 0.1) is 16.5 Å². The molecule has 2 aliphatic heterocycles. The van der Waals surface area contributed by atoms with E-state index in [1.807, 2.05) is 0 Å². The molecule has 18 heavy (non-hydrogen) atoms. The fourth-order valence-corrected chi connectivity index (χ4v) is 4.20. The lowest BCUT2D eigenvalue weighted by Gasteiger charge is -2.32. The average Bonchev–Trinajstić information content (AvgIpc) is 2.66. The summed E-state index contributed by atoms with van der Waals surface area (Å²) < 4.78 is 28.4. The van der Waals surface area contributed by atoms with Gasteiger partial charge >= 0.3 is 0 Å². The van der Waals surface area contributed by atoms with Crippen LogP contribution in [0.1, 0.15) is 25.7 Å². The molecule has 1 atom stereocenters. The third-order valence-corrected chi connectivity index (χ3v) is 6.07. The molecule has 0 aromatic carbocycles. The smallest absolute Gasteiger partial charge is 0.240 e. The van der Waals surface area contributed by atoms with Crippen molar-refractivity contribution in [2.45, 2.75) is 36.5 Å². The van der Waals surface area contributed by atoms with Gasteiger partial charge in [-0.1, -0.05) is 0 Å². The third-order valence-electron chi connectivity index (χ3n) is 3.79. The molecule has 0 spiro atoms. The van der Waals surface area contributed by atoms with Crippen molar-refractivity contribution in [1.29, 1.82) is 0 Å². The van der Waals surface area contributed by atoms with Gasteiger partial charge in [-0.05, 0) is 25.7 Å². The highest BCUT2D eigenvalue weighted by Gasteiger charge is 2.37. The molecule has 1 unspecified atom stereocenters. The van der Waals surface area contributed by atoms with Gasteiger partial charge < -0.3 is 15.8 Å². The minimum Gasteiger partial charge on any atom is -0.381 e. The molecule has 2 rings (SSSR count). The van der Waals surface area contributed by atoms with Gasteiger partial charge in [-0.3, -0.25) is 4.79 Å². The van der Waals surface area contributed by atoms with Gasteiger partial charge in [0.25, 0.3) is 0 Å². The van der Waals surface area contributed by atoms with Crippen LogP contribution < -0.4 is 11.1 Å². The van der Waals surface area contributed by atoms with Gasteiger partial charge in [0, 0.05) is 19.8 Å². The number of nitrogens with two attached hydrogens (primary N) is 1. The largest absolute Gasteiger partial charge is 0.381 e. The second-order valence-electron chi connectivity index (χ2n) is 5.11. The normalized spacial score (nSPS) is 29.9. The Labute approximate surface area is 107 Å². The highest BCUT2D eigenvalue weighted by atomic mass is 32.2. The second-order valence-corrected chi connectivity index (χ2v) is 7.51. The van der Waals surface area contributed by atoms with Crippen LogP contribution in [0.3, 0.4) is 0 Å². The summed E-state index contributed by atoms with van der Waals surface area (Å²) in [5.41, 5.74) is 5.11. The van der Waals surface area contributed by atoms with E-state index in [2.05, 4.69) is 5.32 Å². The lowest BCUT2D eigenvalue weighted by molar-refractivity contribution is -0.129. The molecule has 7 heteroatoms. The van der Waals surface area contributed by atoms with Crippen LogP contribution in [0.4, 0.5) is 0 Å². The molecule has 0 radical (unpaired) electrons. The summed E-state index contributed by atoms with van der Waals surface area (Å²) >= 11 is 0. The number of ether oxygens (including phenoxy) is 1. The number of hydrogen-bond donors (Lipinski definition) is 2. The van der Waals surface area contributed by atoms with Crippen molar-refractivity contribution in [1.82, 2.24) is 5.32 Å². The van der Waals surface area contributed by atoms with Crippen LogP contribution in [0.15, 0.2) is 0 Å². The van der Waals surface area contributed by atoms with Crippen molar-refractivity contribution in [3.63, 3.8) is 0 Å². The van der Waals surface area contributed by atoms with Crippen molar-refractivity contribution < 1.29 is 17.9 Å². The van der Waals surface area contributed by atoms with Gasteiger partial charge in [-0.25, -0.2) is 8.42 Å². The van der Waals surface area contributed by atoms with Crippen molar-refractivity contribution >= 4 is 15.7 Å². The maximum Gasteiger partial charge on any atom is 0.240 e. The molecule has 2 aliphatic rings. The zero-order valence-electron chi connectivity index (χ0n) is 10.4. The molecule has 2 saturated heterocycles. The Hall–Kier alpha value is -0.660. The standard InChI is InChI=1S/C11H20N2O4S/c12-11(3-5-17-6-4-11)10(14)13-8-9-2-1-7-18(9,15)16/h9H,1-8,12H2,(H,13,14). The SMILES string of the molecule is NC1(C(=O)NCC2CCCS2(=O)=O)CCOCC1. The monoisotopic (exact) mass is 276 g/mol. The molecule has 1 amide bonds. The van der Waals surface area contributed by atoms with E-state index < -0.39 is 20.6 Å². The van der Waals surface area contributed by atoms with Gasteiger partial charge in [0.2, 0.25) is 5.91 Å². The summed E-state index contributed by atoms with van der Waals surface area (Å²) in [6.07, 6.45) is 2.28. The second kappa shape index (κ2) is 5.14. The van der Waals surface area contributed by atoms with Crippen LogP contribution >= 0.6 is 0 Å². The molecule has 104 valence electrons. The maximum atomic E-state index is 12.0. The van der Waals surface area contributed by atoms with Crippen molar-refractivity contribution in [3.05, 3.63) is 0 Å². The van der Waals surface area contributed by atoms with E-state index in [0.717, 1.165) is 0 Å². The fourth-order valence-electron chi connectivity index (χ4n) is 2.43. The van der Waals surface area contributed by atoms with E-state index in [0.29, 0.717) is 38.9 Å². The molecule has 0 saturated carbocycles. The molecule has 2 heterocycles. The lowest BCUT2D eigenvalue weighted by Crippen LogP contribution is -2.57.